The molecule has 0 aliphatic carbocycles. The maximum atomic E-state index is 14.2. The van der Waals surface area contributed by atoms with Crippen molar-refractivity contribution in [3.05, 3.63) is 53.6 Å². The zero-order valence-corrected chi connectivity index (χ0v) is 22.1. The van der Waals surface area contributed by atoms with Crippen LogP contribution >= 0.6 is 11.8 Å². The van der Waals surface area contributed by atoms with Gasteiger partial charge < -0.3 is 19.7 Å². The van der Waals surface area contributed by atoms with E-state index in [0.717, 1.165) is 20.1 Å². The first-order chi connectivity index (χ1) is 18.3. The van der Waals surface area contributed by atoms with Gasteiger partial charge in [0, 0.05) is 38.4 Å². The number of methoxy groups -OCH3 is 1. The second-order valence-electron chi connectivity index (χ2n) is 7.98. The van der Waals surface area contributed by atoms with Crippen LogP contribution in [0.2, 0.25) is 0 Å². The van der Waals surface area contributed by atoms with Gasteiger partial charge >= 0.3 is 11.3 Å². The highest BCUT2D eigenvalue weighted by Crippen LogP contribution is 2.30. The lowest BCUT2D eigenvalue weighted by molar-refractivity contribution is -0.126. The van der Waals surface area contributed by atoms with Crippen LogP contribution in [0.1, 0.15) is 17.3 Å². The number of guanidine groups is 2. The molecule has 2 amide bonds. The number of hydrogen-bond donors (Lipinski definition) is 5. The van der Waals surface area contributed by atoms with Crippen LogP contribution in [0.15, 0.2) is 36.4 Å². The molecule has 0 bridgehead atoms. The predicted molar refractivity (Wildman–Crippen MR) is 140 cm³/mol. The van der Waals surface area contributed by atoms with Crippen LogP contribution in [-0.2, 0) is 14.3 Å². The van der Waals surface area contributed by atoms with E-state index in [-0.39, 0.29) is 34.2 Å². The van der Waals surface area contributed by atoms with Crippen LogP contribution in [0.3, 0.4) is 0 Å². The van der Waals surface area contributed by atoms with E-state index in [1.165, 1.54) is 29.2 Å². The summed E-state index contributed by atoms with van der Waals surface area (Å²) in [5.41, 5.74) is -0.0217. The molecule has 15 heteroatoms. The summed E-state index contributed by atoms with van der Waals surface area (Å²) < 4.78 is 37.5. The number of thioether (sulfide) groups is 1. The molecule has 0 spiro atoms. The molecule has 12 nitrogen and oxygen atoms in total. The number of nitrogens with one attached hydrogen (secondary N) is 5. The zero-order chi connectivity index (χ0) is 29.3. The Morgan fingerprint density at radius 2 is 1.74 bits per heavy atom. The summed E-state index contributed by atoms with van der Waals surface area (Å²) in [6, 6.07) is 5.46. The Hall–Kier alpha value is -4.53. The smallest absolute Gasteiger partial charge is 0.372 e. The molecule has 0 aliphatic heterocycles. The number of amides is 2. The Morgan fingerprint density at radius 3 is 2.33 bits per heavy atom. The molecule has 1 atom stereocenters. The topological polar surface area (TPSA) is 174 Å². The van der Waals surface area contributed by atoms with Crippen LogP contribution in [0.5, 0.6) is 5.75 Å². The summed E-state index contributed by atoms with van der Waals surface area (Å²) >= 11 is 0.496. The number of benzene rings is 2. The average molecular weight is 565 g/mol. The highest BCUT2D eigenvalue weighted by atomic mass is 32.2. The van der Waals surface area contributed by atoms with Crippen molar-refractivity contribution in [3.8, 4) is 16.9 Å². The lowest BCUT2D eigenvalue weighted by Gasteiger charge is -2.19. The number of rotatable bonds is 7. The van der Waals surface area contributed by atoms with Gasteiger partial charge in [-0.1, -0.05) is 6.07 Å². The lowest BCUT2D eigenvalue weighted by Crippen LogP contribution is -2.54. The largest absolute Gasteiger partial charge is 0.465 e. The van der Waals surface area contributed by atoms with Gasteiger partial charge in [0.1, 0.15) is 29.0 Å². The average Bonchev–Trinajstić information content (AvgIpc) is 2.86. The first kappa shape index (κ1) is 30.7. The summed E-state index contributed by atoms with van der Waals surface area (Å²) in [6.07, 6.45) is 0. The number of hydrogen-bond acceptors (Lipinski definition) is 9. The SMILES string of the molecule is COC(=O)c1cc(-c2ccc(F)cc2F)ccc1OC(=O)SC[C@@H](NC(C)=O)C(=O)NC(=N)NC(=N)N(C)C. The maximum Gasteiger partial charge on any atom is 0.372 e. The summed E-state index contributed by atoms with van der Waals surface area (Å²) in [4.78, 5) is 50.3. The van der Waals surface area contributed by atoms with Gasteiger partial charge in [-0.3, -0.25) is 31.0 Å². The Balaban J connectivity index is 2.15. The summed E-state index contributed by atoms with van der Waals surface area (Å²) in [5.74, 6) is -5.19. The van der Waals surface area contributed by atoms with Crippen molar-refractivity contribution in [1.29, 1.82) is 10.8 Å². The molecule has 0 aromatic heterocycles. The van der Waals surface area contributed by atoms with Crippen molar-refractivity contribution < 1.29 is 37.4 Å². The predicted octanol–water partition coefficient (Wildman–Crippen LogP) is 2.29. The van der Waals surface area contributed by atoms with Crippen molar-refractivity contribution in [2.75, 3.05) is 27.0 Å². The second kappa shape index (κ2) is 13.9. The number of esters is 1. The third-order valence-corrected chi connectivity index (χ3v) is 5.64. The van der Waals surface area contributed by atoms with Crippen LogP contribution in [0, 0.1) is 22.5 Å². The van der Waals surface area contributed by atoms with Crippen molar-refractivity contribution in [3.63, 3.8) is 0 Å². The number of ether oxygens (including phenoxy) is 2. The number of carbonyl (C=O) groups excluding carboxylic acids is 4. The maximum absolute atomic E-state index is 14.2. The fraction of sp³-hybridized carbons (Fsp3) is 0.250. The van der Waals surface area contributed by atoms with Gasteiger partial charge in [0.25, 0.3) is 0 Å². The molecule has 208 valence electrons. The van der Waals surface area contributed by atoms with Crippen molar-refractivity contribution in [1.82, 2.24) is 20.9 Å². The van der Waals surface area contributed by atoms with Gasteiger partial charge in [0.05, 0.1) is 7.11 Å². The van der Waals surface area contributed by atoms with Crippen molar-refractivity contribution in [2.24, 2.45) is 0 Å². The molecule has 0 fully saturated rings. The Labute approximate surface area is 226 Å². The minimum atomic E-state index is -1.26. The van der Waals surface area contributed by atoms with Crippen LogP contribution in [0.25, 0.3) is 11.1 Å². The number of carbonyl (C=O) groups is 4. The fourth-order valence-electron chi connectivity index (χ4n) is 2.95. The molecule has 0 radical (unpaired) electrons. The van der Waals surface area contributed by atoms with E-state index in [2.05, 4.69) is 16.0 Å². The summed E-state index contributed by atoms with van der Waals surface area (Å²) in [6.45, 7) is 1.16. The van der Waals surface area contributed by atoms with E-state index in [1.54, 1.807) is 14.1 Å². The molecular weight excluding hydrogens is 538 g/mol. The lowest BCUT2D eigenvalue weighted by atomic mass is 10.0. The third-order valence-electron chi connectivity index (χ3n) is 4.82. The number of halogens is 2. The highest BCUT2D eigenvalue weighted by Gasteiger charge is 2.24. The first-order valence-corrected chi connectivity index (χ1v) is 12.0. The van der Waals surface area contributed by atoms with E-state index in [1.807, 2.05) is 0 Å². The minimum Gasteiger partial charge on any atom is -0.465 e. The van der Waals surface area contributed by atoms with Crippen LogP contribution in [-0.4, -0.2) is 72.9 Å². The fourth-order valence-corrected chi connectivity index (χ4v) is 3.64. The van der Waals surface area contributed by atoms with Gasteiger partial charge in [-0.25, -0.2) is 18.4 Å². The molecule has 0 aliphatic rings. The van der Waals surface area contributed by atoms with E-state index >= 15 is 0 Å². The molecule has 2 aromatic rings. The molecule has 0 saturated carbocycles. The quantitative estimate of drug-likeness (QED) is 0.192. The van der Waals surface area contributed by atoms with E-state index < -0.39 is 46.7 Å². The summed E-state index contributed by atoms with van der Waals surface area (Å²) in [5, 5.41) is 21.3. The minimum absolute atomic E-state index is 0.00116. The molecule has 39 heavy (non-hydrogen) atoms. The van der Waals surface area contributed by atoms with Crippen molar-refractivity contribution in [2.45, 2.75) is 13.0 Å². The molecular formula is C24H26F2N6O6S. The van der Waals surface area contributed by atoms with E-state index in [0.29, 0.717) is 17.8 Å². The highest BCUT2D eigenvalue weighted by molar-refractivity contribution is 8.13. The van der Waals surface area contributed by atoms with Gasteiger partial charge in [0.2, 0.25) is 17.8 Å². The standard InChI is InChI=1S/C24H26F2N6O6S/c1-12(33)29-18(20(34)30-22(27)31-23(28)32(2)3)11-39-24(36)38-19-8-5-13(9-16(19)21(35)37-4)15-7-6-14(25)10-17(15)26/h5-10,18H,11H2,1-4H3,(H,29,33)(H4,27,28,30,31,34)/t18-/m1/s1. The third kappa shape index (κ3) is 9.07. The van der Waals surface area contributed by atoms with E-state index in [4.69, 9.17) is 20.3 Å². The molecule has 5 N–H and O–H groups in total. The van der Waals surface area contributed by atoms with Gasteiger partial charge in [-0.15, -0.1) is 0 Å². The molecule has 0 unspecified atom stereocenters. The van der Waals surface area contributed by atoms with Gasteiger partial charge in [-0.05, 0) is 41.6 Å². The Morgan fingerprint density at radius 1 is 1.05 bits per heavy atom. The Bertz CT molecular complexity index is 1310. The summed E-state index contributed by atoms with van der Waals surface area (Å²) in [7, 11) is 4.19. The molecule has 2 aromatic carbocycles. The van der Waals surface area contributed by atoms with Gasteiger partial charge in [-0.2, -0.15) is 0 Å². The van der Waals surface area contributed by atoms with Crippen LogP contribution in [0.4, 0.5) is 13.6 Å². The monoisotopic (exact) mass is 564 g/mol. The molecule has 0 heterocycles. The first-order valence-electron chi connectivity index (χ1n) is 11.0. The number of nitrogens with zero attached hydrogens (tertiary/aromatic N) is 1. The molecule has 0 saturated heterocycles. The van der Waals surface area contributed by atoms with Crippen molar-refractivity contribution >= 4 is 46.8 Å². The second-order valence-corrected chi connectivity index (χ2v) is 8.93. The van der Waals surface area contributed by atoms with E-state index in [9.17, 15) is 28.0 Å². The molecule has 2 rings (SSSR count). The normalized spacial score (nSPS) is 11.0. The van der Waals surface area contributed by atoms with Gasteiger partial charge in [0.15, 0.2) is 5.96 Å². The van der Waals surface area contributed by atoms with Crippen LogP contribution < -0.4 is 20.7 Å². The zero-order valence-electron chi connectivity index (χ0n) is 21.3. The Kier molecular flexibility index (Phi) is 10.9.